The molecule has 1 aromatic carbocycles. The molecule has 1 heterocycles. The highest BCUT2D eigenvalue weighted by molar-refractivity contribution is 7.80. The maximum absolute atomic E-state index is 12.2. The van der Waals surface area contributed by atoms with Crippen LogP contribution in [0.5, 0.6) is 5.75 Å². The van der Waals surface area contributed by atoms with Crippen molar-refractivity contribution in [1.29, 1.82) is 0 Å². The van der Waals surface area contributed by atoms with Crippen LogP contribution in [0, 0.1) is 0 Å². The Morgan fingerprint density at radius 1 is 1.39 bits per heavy atom. The highest BCUT2D eigenvalue weighted by atomic mass is 32.1. The maximum atomic E-state index is 12.2. The number of ether oxygens (including phenoxy) is 1. The number of nitrogens with one attached hydrogen (secondary N) is 2. The van der Waals surface area contributed by atoms with Crippen LogP contribution in [0.15, 0.2) is 24.3 Å². The minimum atomic E-state index is -0.335. The number of anilines is 1. The molecule has 0 saturated heterocycles. The van der Waals surface area contributed by atoms with Gasteiger partial charge in [0.1, 0.15) is 5.75 Å². The van der Waals surface area contributed by atoms with E-state index in [4.69, 9.17) is 17.0 Å². The smallest absolute Gasteiger partial charge is 0.257 e. The second-order valence-electron chi connectivity index (χ2n) is 4.59. The molecule has 1 aromatic heterocycles. The molecule has 0 atom stereocenters. The lowest BCUT2D eigenvalue weighted by atomic mass is 10.2. The number of nitrogens with zero attached hydrogens (tertiary/aromatic N) is 4. The van der Waals surface area contributed by atoms with Gasteiger partial charge in [-0.15, -0.1) is 0 Å². The van der Waals surface area contributed by atoms with Crippen molar-refractivity contribution < 1.29 is 9.53 Å². The third-order valence-electron chi connectivity index (χ3n) is 2.83. The first-order valence-electron chi connectivity index (χ1n) is 7.25. The lowest BCUT2D eigenvalue weighted by Gasteiger charge is -2.10. The van der Waals surface area contributed by atoms with E-state index in [1.54, 1.807) is 28.9 Å². The molecule has 0 bridgehead atoms. The fourth-order valence-corrected chi connectivity index (χ4v) is 2.04. The van der Waals surface area contributed by atoms with Gasteiger partial charge in [-0.3, -0.25) is 15.4 Å². The molecule has 0 radical (unpaired) electrons. The normalized spacial score (nSPS) is 10.2. The monoisotopic (exact) mass is 334 g/mol. The van der Waals surface area contributed by atoms with Gasteiger partial charge in [0.2, 0.25) is 5.95 Å². The van der Waals surface area contributed by atoms with Crippen molar-refractivity contribution in [1.82, 2.24) is 25.5 Å². The van der Waals surface area contributed by atoms with E-state index in [-0.39, 0.29) is 11.0 Å². The SMILES string of the molecule is CCCn1nnnc1NC(=S)NC(=O)c1cccc(OCC)c1. The van der Waals surface area contributed by atoms with Gasteiger partial charge in [0.05, 0.1) is 6.61 Å². The highest BCUT2D eigenvalue weighted by Gasteiger charge is 2.11. The summed E-state index contributed by atoms with van der Waals surface area (Å²) in [6.45, 7) is 5.08. The molecular formula is C14H18N6O2S. The molecule has 23 heavy (non-hydrogen) atoms. The average Bonchev–Trinajstić information content (AvgIpc) is 2.95. The summed E-state index contributed by atoms with van der Waals surface area (Å²) in [5.41, 5.74) is 0.452. The topological polar surface area (TPSA) is 94.0 Å². The predicted molar refractivity (Wildman–Crippen MR) is 89.4 cm³/mol. The van der Waals surface area contributed by atoms with Gasteiger partial charge in [0.15, 0.2) is 5.11 Å². The highest BCUT2D eigenvalue weighted by Crippen LogP contribution is 2.13. The largest absolute Gasteiger partial charge is 0.494 e. The van der Waals surface area contributed by atoms with E-state index in [1.165, 1.54) is 0 Å². The van der Waals surface area contributed by atoms with Crippen LogP contribution in [0.3, 0.4) is 0 Å². The van der Waals surface area contributed by atoms with Crippen molar-refractivity contribution in [2.45, 2.75) is 26.8 Å². The third-order valence-corrected chi connectivity index (χ3v) is 3.03. The summed E-state index contributed by atoms with van der Waals surface area (Å²) in [4.78, 5) is 12.2. The minimum Gasteiger partial charge on any atom is -0.494 e. The van der Waals surface area contributed by atoms with Crippen molar-refractivity contribution in [3.8, 4) is 5.75 Å². The Hall–Kier alpha value is -2.55. The summed E-state index contributed by atoms with van der Waals surface area (Å²) >= 11 is 5.12. The Labute approximate surface area is 139 Å². The molecule has 0 saturated carbocycles. The number of carbonyl (C=O) groups excluding carboxylic acids is 1. The van der Waals surface area contributed by atoms with Crippen molar-refractivity contribution in [3.05, 3.63) is 29.8 Å². The molecule has 0 aliphatic heterocycles. The van der Waals surface area contributed by atoms with E-state index < -0.39 is 0 Å². The van der Waals surface area contributed by atoms with Crippen LogP contribution in [-0.4, -0.2) is 37.8 Å². The van der Waals surface area contributed by atoms with E-state index in [9.17, 15) is 4.79 Å². The summed E-state index contributed by atoms with van der Waals surface area (Å²) in [5.74, 6) is 0.685. The molecule has 0 spiro atoms. The van der Waals surface area contributed by atoms with Gasteiger partial charge >= 0.3 is 0 Å². The lowest BCUT2D eigenvalue weighted by molar-refractivity contribution is 0.0977. The predicted octanol–water partition coefficient (Wildman–Crippen LogP) is 1.61. The number of aromatic nitrogens is 4. The Bertz CT molecular complexity index is 687. The first-order valence-corrected chi connectivity index (χ1v) is 7.66. The Morgan fingerprint density at radius 2 is 2.22 bits per heavy atom. The van der Waals surface area contributed by atoms with E-state index in [0.29, 0.717) is 30.4 Å². The van der Waals surface area contributed by atoms with E-state index in [0.717, 1.165) is 6.42 Å². The van der Waals surface area contributed by atoms with Gasteiger partial charge in [0, 0.05) is 12.1 Å². The number of benzene rings is 1. The van der Waals surface area contributed by atoms with E-state index >= 15 is 0 Å². The number of tetrazole rings is 1. The molecule has 0 fully saturated rings. The van der Waals surface area contributed by atoms with Crippen LogP contribution in [0.2, 0.25) is 0 Å². The van der Waals surface area contributed by atoms with Crippen LogP contribution in [0.4, 0.5) is 5.95 Å². The van der Waals surface area contributed by atoms with Crippen LogP contribution in [0.1, 0.15) is 30.6 Å². The Kier molecular flexibility index (Phi) is 5.98. The first-order chi connectivity index (χ1) is 11.1. The molecule has 9 heteroatoms. The fraction of sp³-hybridized carbons (Fsp3) is 0.357. The molecule has 2 aromatic rings. The van der Waals surface area contributed by atoms with Gasteiger partial charge in [-0.25, -0.2) is 4.68 Å². The fourth-order valence-electron chi connectivity index (χ4n) is 1.86. The van der Waals surface area contributed by atoms with Crippen LogP contribution in [0.25, 0.3) is 0 Å². The Balaban J connectivity index is 1.98. The molecule has 0 unspecified atom stereocenters. The van der Waals surface area contributed by atoms with Gasteiger partial charge in [0.25, 0.3) is 5.91 Å². The summed E-state index contributed by atoms with van der Waals surface area (Å²) in [6, 6.07) is 6.87. The number of aryl methyl sites for hydroxylation is 1. The summed E-state index contributed by atoms with van der Waals surface area (Å²) in [6.07, 6.45) is 0.878. The van der Waals surface area contributed by atoms with Crippen molar-refractivity contribution in [3.63, 3.8) is 0 Å². The van der Waals surface area contributed by atoms with Gasteiger partial charge < -0.3 is 4.74 Å². The zero-order valence-corrected chi connectivity index (χ0v) is 13.8. The molecule has 2 rings (SSSR count). The van der Waals surface area contributed by atoms with Gasteiger partial charge in [-0.05, 0) is 54.2 Å². The van der Waals surface area contributed by atoms with Gasteiger partial charge in [-0.1, -0.05) is 18.1 Å². The molecule has 122 valence electrons. The molecular weight excluding hydrogens is 316 g/mol. The quantitative estimate of drug-likeness (QED) is 0.775. The van der Waals surface area contributed by atoms with Gasteiger partial charge in [-0.2, -0.15) is 0 Å². The molecule has 0 aliphatic rings. The zero-order valence-electron chi connectivity index (χ0n) is 12.9. The van der Waals surface area contributed by atoms with E-state index in [1.807, 2.05) is 13.8 Å². The molecule has 8 nitrogen and oxygen atoms in total. The number of rotatable bonds is 6. The van der Waals surface area contributed by atoms with E-state index in [2.05, 4.69) is 26.2 Å². The summed E-state index contributed by atoms with van der Waals surface area (Å²) in [7, 11) is 0. The number of carbonyl (C=O) groups is 1. The lowest BCUT2D eigenvalue weighted by Crippen LogP contribution is -2.35. The number of hydrogen-bond acceptors (Lipinski definition) is 6. The summed E-state index contributed by atoms with van der Waals surface area (Å²) < 4.78 is 6.95. The van der Waals surface area contributed by atoms with Crippen molar-refractivity contribution in [2.75, 3.05) is 11.9 Å². The first kappa shape index (κ1) is 16.8. The summed E-state index contributed by atoms with van der Waals surface area (Å²) in [5, 5.41) is 16.8. The van der Waals surface area contributed by atoms with Crippen molar-refractivity contribution >= 4 is 29.2 Å². The van der Waals surface area contributed by atoms with Crippen LogP contribution in [-0.2, 0) is 6.54 Å². The number of thiocarbonyl (C=S) groups is 1. The number of amides is 1. The average molecular weight is 334 g/mol. The van der Waals surface area contributed by atoms with Crippen LogP contribution < -0.4 is 15.4 Å². The standard InChI is InChI=1S/C14H18N6O2S/c1-3-8-20-13(17-18-19-20)16-14(23)15-12(21)10-6-5-7-11(9-10)22-4-2/h5-7,9H,3-4,8H2,1-2H3,(H2,15,16,17,19,21,23). The molecule has 1 amide bonds. The third kappa shape index (κ3) is 4.71. The molecule has 2 N–H and O–H groups in total. The van der Waals surface area contributed by atoms with Crippen molar-refractivity contribution in [2.24, 2.45) is 0 Å². The Morgan fingerprint density at radius 3 is 2.96 bits per heavy atom. The molecule has 0 aliphatic carbocycles. The maximum Gasteiger partial charge on any atom is 0.257 e. The second-order valence-corrected chi connectivity index (χ2v) is 5.00. The number of hydrogen-bond donors (Lipinski definition) is 2. The van der Waals surface area contributed by atoms with Crippen LogP contribution >= 0.6 is 12.2 Å². The second kappa shape index (κ2) is 8.18. The zero-order chi connectivity index (χ0) is 16.7. The minimum absolute atomic E-state index is 0.129.